The molecule has 5 heteroatoms. The molecule has 0 aliphatic heterocycles. The van der Waals surface area contributed by atoms with E-state index in [1.165, 1.54) is 0 Å². The van der Waals surface area contributed by atoms with Crippen molar-refractivity contribution < 1.29 is 4.79 Å². The summed E-state index contributed by atoms with van der Waals surface area (Å²) in [6, 6.07) is 21.0. The van der Waals surface area contributed by atoms with Crippen LogP contribution in [0.4, 0.5) is 0 Å². The number of fused-ring (bicyclic) bond motifs is 1. The van der Waals surface area contributed by atoms with E-state index in [4.69, 9.17) is 10.2 Å². The Kier molecular flexibility index (Phi) is 3.92. The number of rotatable bonds is 3. The second kappa shape index (κ2) is 6.54. The van der Waals surface area contributed by atoms with Crippen LogP contribution in [0.15, 0.2) is 66.9 Å². The van der Waals surface area contributed by atoms with Gasteiger partial charge in [-0.25, -0.2) is 9.97 Å². The highest BCUT2D eigenvalue weighted by Crippen LogP contribution is 2.32. The first-order valence-electron chi connectivity index (χ1n) is 7.97. The van der Waals surface area contributed by atoms with E-state index >= 15 is 0 Å². The molecule has 2 heterocycles. The molecule has 0 unspecified atom stereocenters. The average Bonchev–Trinajstić information content (AvgIpc) is 2.73. The maximum absolute atomic E-state index is 10.9. The lowest BCUT2D eigenvalue weighted by atomic mass is 9.98. The molecule has 0 atom stereocenters. The van der Waals surface area contributed by atoms with E-state index < -0.39 is 0 Å². The van der Waals surface area contributed by atoms with Crippen LogP contribution in [0.5, 0.6) is 0 Å². The zero-order valence-electron chi connectivity index (χ0n) is 13.6. The van der Waals surface area contributed by atoms with Crippen LogP contribution in [0.1, 0.15) is 16.2 Å². The lowest BCUT2D eigenvalue weighted by Crippen LogP contribution is -1.96. The van der Waals surface area contributed by atoms with Gasteiger partial charge < -0.3 is 0 Å². The van der Waals surface area contributed by atoms with Crippen LogP contribution in [0.25, 0.3) is 33.4 Å². The molecule has 0 fully saturated rings. The summed E-state index contributed by atoms with van der Waals surface area (Å²) in [5, 5.41) is 9.80. The average molecular weight is 336 g/mol. The van der Waals surface area contributed by atoms with E-state index in [2.05, 4.69) is 9.97 Å². The molecule has 0 saturated carbocycles. The fraction of sp³-hybridized carbons (Fsp3) is 0. The van der Waals surface area contributed by atoms with Crippen molar-refractivity contribution in [2.24, 2.45) is 0 Å². The lowest BCUT2D eigenvalue weighted by Gasteiger charge is -2.11. The van der Waals surface area contributed by atoms with Crippen LogP contribution in [-0.2, 0) is 0 Å². The molecule has 2 aromatic carbocycles. The van der Waals surface area contributed by atoms with Gasteiger partial charge in [0.05, 0.1) is 5.69 Å². The molecule has 122 valence electrons. The SMILES string of the molecule is N#Cc1ncc2cc(-c3ccccc3)c(-c3ccc(C=O)cc3)nc2n1. The Morgan fingerprint density at radius 3 is 2.38 bits per heavy atom. The monoisotopic (exact) mass is 336 g/mol. The zero-order valence-corrected chi connectivity index (χ0v) is 13.6. The maximum atomic E-state index is 10.9. The molecule has 0 spiro atoms. The number of nitriles is 1. The van der Waals surface area contributed by atoms with E-state index in [0.717, 1.165) is 34.1 Å². The molecule has 0 bridgehead atoms. The van der Waals surface area contributed by atoms with Gasteiger partial charge in [-0.05, 0) is 11.6 Å². The van der Waals surface area contributed by atoms with Crippen LogP contribution in [0.2, 0.25) is 0 Å². The largest absolute Gasteiger partial charge is 0.298 e. The zero-order chi connectivity index (χ0) is 17.9. The minimum atomic E-state index is 0.0831. The third kappa shape index (κ3) is 2.80. The number of benzene rings is 2. The summed E-state index contributed by atoms with van der Waals surface area (Å²) in [5.74, 6) is 0.0831. The molecule has 0 N–H and O–H groups in total. The van der Waals surface area contributed by atoms with Gasteiger partial charge in [0.1, 0.15) is 12.4 Å². The Bertz CT molecular complexity index is 1150. The topological polar surface area (TPSA) is 79.5 Å². The number of carbonyl (C=O) groups excluding carboxylic acids is 1. The second-order valence-electron chi connectivity index (χ2n) is 5.71. The summed E-state index contributed by atoms with van der Waals surface area (Å²) < 4.78 is 0. The van der Waals surface area contributed by atoms with Gasteiger partial charge in [0.25, 0.3) is 0 Å². The van der Waals surface area contributed by atoms with Crippen LogP contribution in [0.3, 0.4) is 0 Å². The minimum absolute atomic E-state index is 0.0831. The van der Waals surface area contributed by atoms with Crippen molar-refractivity contribution in [2.75, 3.05) is 0 Å². The Labute approximate surface area is 149 Å². The molecule has 0 radical (unpaired) electrons. The highest BCUT2D eigenvalue weighted by molar-refractivity contribution is 5.90. The Morgan fingerprint density at radius 2 is 1.69 bits per heavy atom. The summed E-state index contributed by atoms with van der Waals surface area (Å²) in [4.78, 5) is 23.9. The molecule has 0 aliphatic rings. The number of pyridine rings is 1. The molecular weight excluding hydrogens is 324 g/mol. The van der Waals surface area contributed by atoms with Crippen molar-refractivity contribution in [1.82, 2.24) is 15.0 Å². The van der Waals surface area contributed by atoms with Crippen molar-refractivity contribution >= 4 is 17.3 Å². The van der Waals surface area contributed by atoms with Gasteiger partial charge in [-0.1, -0.05) is 54.6 Å². The lowest BCUT2D eigenvalue weighted by molar-refractivity contribution is 0.112. The van der Waals surface area contributed by atoms with Crippen LogP contribution < -0.4 is 0 Å². The molecule has 0 amide bonds. The van der Waals surface area contributed by atoms with E-state index in [9.17, 15) is 4.79 Å². The second-order valence-corrected chi connectivity index (χ2v) is 5.71. The Morgan fingerprint density at radius 1 is 0.923 bits per heavy atom. The van der Waals surface area contributed by atoms with E-state index in [1.807, 2.05) is 54.6 Å². The smallest absolute Gasteiger partial charge is 0.234 e. The third-order valence-corrected chi connectivity index (χ3v) is 4.07. The van der Waals surface area contributed by atoms with Gasteiger partial charge in [-0.2, -0.15) is 10.2 Å². The van der Waals surface area contributed by atoms with E-state index in [0.29, 0.717) is 11.2 Å². The number of carbonyl (C=O) groups is 1. The number of hydrogen-bond acceptors (Lipinski definition) is 5. The maximum Gasteiger partial charge on any atom is 0.234 e. The number of nitrogens with zero attached hydrogens (tertiary/aromatic N) is 4. The first-order valence-corrected chi connectivity index (χ1v) is 7.97. The van der Waals surface area contributed by atoms with Gasteiger partial charge in [-0.15, -0.1) is 0 Å². The van der Waals surface area contributed by atoms with Crippen LogP contribution in [0, 0.1) is 11.3 Å². The molecule has 4 rings (SSSR count). The summed E-state index contributed by atoms with van der Waals surface area (Å²) >= 11 is 0. The van der Waals surface area contributed by atoms with Crippen molar-refractivity contribution in [2.45, 2.75) is 0 Å². The van der Waals surface area contributed by atoms with Gasteiger partial charge in [0.2, 0.25) is 5.82 Å². The Hall–Kier alpha value is -3.91. The summed E-state index contributed by atoms with van der Waals surface area (Å²) in [7, 11) is 0. The highest BCUT2D eigenvalue weighted by Gasteiger charge is 2.13. The Balaban J connectivity index is 2.00. The molecule has 0 saturated heterocycles. The molecule has 2 aromatic heterocycles. The normalized spacial score (nSPS) is 10.4. The quantitative estimate of drug-likeness (QED) is 0.527. The van der Waals surface area contributed by atoms with E-state index in [-0.39, 0.29) is 5.82 Å². The van der Waals surface area contributed by atoms with Crippen molar-refractivity contribution in [1.29, 1.82) is 5.26 Å². The molecule has 5 nitrogen and oxygen atoms in total. The minimum Gasteiger partial charge on any atom is -0.298 e. The third-order valence-electron chi connectivity index (χ3n) is 4.07. The predicted molar refractivity (Wildman–Crippen MR) is 98.3 cm³/mol. The van der Waals surface area contributed by atoms with Crippen molar-refractivity contribution in [3.63, 3.8) is 0 Å². The fourth-order valence-corrected chi connectivity index (χ4v) is 2.79. The van der Waals surface area contributed by atoms with Crippen molar-refractivity contribution in [3.8, 4) is 28.5 Å². The summed E-state index contributed by atoms with van der Waals surface area (Å²) in [5.41, 5.74) is 4.62. The molecule has 4 aromatic rings. The summed E-state index contributed by atoms with van der Waals surface area (Å²) in [6.45, 7) is 0. The van der Waals surface area contributed by atoms with Crippen LogP contribution >= 0.6 is 0 Å². The van der Waals surface area contributed by atoms with Crippen LogP contribution in [-0.4, -0.2) is 21.2 Å². The van der Waals surface area contributed by atoms with Gasteiger partial charge >= 0.3 is 0 Å². The first-order chi connectivity index (χ1) is 12.8. The standard InChI is InChI=1S/C21H12N4O/c22-11-19-23-12-17-10-18(15-4-2-1-3-5-15)20(25-21(17)24-19)16-8-6-14(13-26)7-9-16/h1-10,12-13H. The van der Waals surface area contributed by atoms with Gasteiger partial charge in [0.15, 0.2) is 5.65 Å². The van der Waals surface area contributed by atoms with Gasteiger partial charge in [0, 0.05) is 28.3 Å². The van der Waals surface area contributed by atoms with E-state index in [1.54, 1.807) is 18.3 Å². The number of aldehydes is 1. The number of aromatic nitrogens is 3. The predicted octanol–water partition coefficient (Wildman–Crippen LogP) is 4.04. The first kappa shape index (κ1) is 15.6. The number of hydrogen-bond donors (Lipinski definition) is 0. The highest BCUT2D eigenvalue weighted by atomic mass is 16.1. The molecule has 0 aliphatic carbocycles. The molecular formula is C21H12N4O. The molecule has 26 heavy (non-hydrogen) atoms. The van der Waals surface area contributed by atoms with Gasteiger partial charge in [-0.3, -0.25) is 4.79 Å². The van der Waals surface area contributed by atoms with Crippen molar-refractivity contribution in [3.05, 3.63) is 78.2 Å². The summed E-state index contributed by atoms with van der Waals surface area (Å²) in [6.07, 6.45) is 2.42. The fourth-order valence-electron chi connectivity index (χ4n) is 2.79.